The SMILES string of the molecule is CCc1nnc2sc(-c3c[nH]c4ccccc34)nn12. The number of aromatic nitrogens is 5. The van der Waals surface area contributed by atoms with Crippen LogP contribution in [-0.2, 0) is 6.42 Å². The van der Waals surface area contributed by atoms with Gasteiger partial charge in [-0.25, -0.2) is 0 Å². The van der Waals surface area contributed by atoms with E-state index in [2.05, 4.69) is 39.3 Å². The Hall–Kier alpha value is -2.21. The number of hydrogen-bond acceptors (Lipinski definition) is 4. The van der Waals surface area contributed by atoms with E-state index in [1.54, 1.807) is 11.3 Å². The first-order valence-electron chi connectivity index (χ1n) is 6.14. The Kier molecular flexibility index (Phi) is 2.19. The van der Waals surface area contributed by atoms with Gasteiger partial charge in [0.15, 0.2) is 5.82 Å². The molecule has 0 bridgehead atoms. The molecule has 4 aromatic rings. The van der Waals surface area contributed by atoms with E-state index in [0.29, 0.717) is 0 Å². The van der Waals surface area contributed by atoms with Gasteiger partial charge in [0, 0.05) is 29.1 Å². The monoisotopic (exact) mass is 269 g/mol. The number of aromatic amines is 1. The number of aryl methyl sites for hydroxylation is 1. The molecular formula is C13H11N5S. The second-order valence-electron chi connectivity index (χ2n) is 4.32. The third kappa shape index (κ3) is 1.50. The average Bonchev–Trinajstić information content (AvgIpc) is 3.10. The predicted octanol–water partition coefficient (Wildman–Crippen LogP) is 2.90. The van der Waals surface area contributed by atoms with E-state index in [1.807, 2.05) is 22.8 Å². The van der Waals surface area contributed by atoms with Crippen molar-refractivity contribution in [1.29, 1.82) is 0 Å². The Bertz CT molecular complexity index is 869. The lowest BCUT2D eigenvalue weighted by molar-refractivity contribution is 0.838. The number of fused-ring (bicyclic) bond motifs is 2. The summed E-state index contributed by atoms with van der Waals surface area (Å²) in [7, 11) is 0. The Balaban J connectivity index is 1.96. The van der Waals surface area contributed by atoms with Gasteiger partial charge in [-0.1, -0.05) is 36.5 Å². The van der Waals surface area contributed by atoms with Crippen LogP contribution in [0.4, 0.5) is 0 Å². The van der Waals surface area contributed by atoms with Crippen LogP contribution in [0.2, 0.25) is 0 Å². The van der Waals surface area contributed by atoms with Crippen molar-refractivity contribution in [2.45, 2.75) is 13.3 Å². The third-order valence-electron chi connectivity index (χ3n) is 3.19. The van der Waals surface area contributed by atoms with E-state index >= 15 is 0 Å². The molecule has 0 saturated carbocycles. The molecule has 0 unspecified atom stereocenters. The van der Waals surface area contributed by atoms with Gasteiger partial charge in [-0.15, -0.1) is 10.2 Å². The number of nitrogens with zero attached hydrogens (tertiary/aromatic N) is 4. The minimum Gasteiger partial charge on any atom is -0.360 e. The molecular weight excluding hydrogens is 258 g/mol. The van der Waals surface area contributed by atoms with Crippen LogP contribution in [0.3, 0.4) is 0 Å². The van der Waals surface area contributed by atoms with Gasteiger partial charge in [-0.3, -0.25) is 0 Å². The topological polar surface area (TPSA) is 58.9 Å². The lowest BCUT2D eigenvalue weighted by Crippen LogP contribution is -1.93. The first-order valence-corrected chi connectivity index (χ1v) is 6.96. The molecule has 94 valence electrons. The minimum atomic E-state index is 0.832. The van der Waals surface area contributed by atoms with Gasteiger partial charge in [0.25, 0.3) is 0 Å². The number of rotatable bonds is 2. The van der Waals surface area contributed by atoms with Gasteiger partial charge in [0.1, 0.15) is 5.01 Å². The van der Waals surface area contributed by atoms with Crippen molar-refractivity contribution < 1.29 is 0 Å². The zero-order chi connectivity index (χ0) is 12.8. The van der Waals surface area contributed by atoms with E-state index in [-0.39, 0.29) is 0 Å². The standard InChI is InChI=1S/C13H11N5S/c1-2-11-15-16-13-18(11)17-12(19-13)9-7-14-10-6-4-3-5-8(9)10/h3-7,14H,2H2,1H3. The lowest BCUT2D eigenvalue weighted by Gasteiger charge is -1.92. The molecule has 0 fully saturated rings. The summed E-state index contributed by atoms with van der Waals surface area (Å²) in [6.07, 6.45) is 2.83. The molecule has 0 aliphatic carbocycles. The molecule has 3 heterocycles. The van der Waals surface area contributed by atoms with Gasteiger partial charge < -0.3 is 4.98 Å². The first kappa shape index (κ1) is 10.7. The lowest BCUT2D eigenvalue weighted by atomic mass is 10.2. The Morgan fingerprint density at radius 1 is 1.26 bits per heavy atom. The summed E-state index contributed by atoms with van der Waals surface area (Å²) in [4.78, 5) is 4.12. The fourth-order valence-electron chi connectivity index (χ4n) is 2.24. The molecule has 0 aliphatic rings. The first-order chi connectivity index (χ1) is 9.36. The second kappa shape index (κ2) is 3.89. The smallest absolute Gasteiger partial charge is 0.234 e. The van der Waals surface area contributed by atoms with E-state index in [1.165, 1.54) is 5.39 Å². The Morgan fingerprint density at radius 2 is 2.16 bits per heavy atom. The molecule has 0 aliphatic heterocycles. The molecule has 0 spiro atoms. The van der Waals surface area contributed by atoms with Gasteiger partial charge in [-0.05, 0) is 6.07 Å². The highest BCUT2D eigenvalue weighted by Crippen LogP contribution is 2.31. The molecule has 0 radical (unpaired) electrons. The van der Waals surface area contributed by atoms with Crippen molar-refractivity contribution in [2.24, 2.45) is 0 Å². The summed E-state index contributed by atoms with van der Waals surface area (Å²) in [6.45, 7) is 2.06. The van der Waals surface area contributed by atoms with Crippen molar-refractivity contribution in [3.63, 3.8) is 0 Å². The summed E-state index contributed by atoms with van der Waals surface area (Å²) >= 11 is 1.56. The van der Waals surface area contributed by atoms with Crippen LogP contribution >= 0.6 is 11.3 Å². The number of benzene rings is 1. The third-order valence-corrected chi connectivity index (χ3v) is 4.12. The van der Waals surface area contributed by atoms with Gasteiger partial charge in [-0.2, -0.15) is 9.61 Å². The molecule has 5 nitrogen and oxygen atoms in total. The minimum absolute atomic E-state index is 0.832. The van der Waals surface area contributed by atoms with E-state index in [9.17, 15) is 0 Å². The number of nitrogens with one attached hydrogen (secondary N) is 1. The molecule has 1 aromatic carbocycles. The fraction of sp³-hybridized carbons (Fsp3) is 0.154. The highest BCUT2D eigenvalue weighted by molar-refractivity contribution is 7.19. The van der Waals surface area contributed by atoms with E-state index in [4.69, 9.17) is 0 Å². The average molecular weight is 269 g/mol. The molecule has 0 saturated heterocycles. The van der Waals surface area contributed by atoms with Crippen LogP contribution in [0.25, 0.3) is 26.4 Å². The molecule has 6 heteroatoms. The number of para-hydroxylation sites is 1. The molecule has 4 rings (SSSR count). The fourth-order valence-corrected chi connectivity index (χ4v) is 3.12. The summed E-state index contributed by atoms with van der Waals surface area (Å²) in [5.41, 5.74) is 2.24. The van der Waals surface area contributed by atoms with Gasteiger partial charge in [0.2, 0.25) is 4.96 Å². The zero-order valence-electron chi connectivity index (χ0n) is 10.3. The molecule has 19 heavy (non-hydrogen) atoms. The maximum Gasteiger partial charge on any atom is 0.234 e. The van der Waals surface area contributed by atoms with Gasteiger partial charge in [0.05, 0.1) is 0 Å². The highest BCUT2D eigenvalue weighted by Gasteiger charge is 2.14. The van der Waals surface area contributed by atoms with Gasteiger partial charge >= 0.3 is 0 Å². The summed E-state index contributed by atoms with van der Waals surface area (Å²) in [5, 5.41) is 15.1. The zero-order valence-corrected chi connectivity index (χ0v) is 11.1. The molecule has 3 aromatic heterocycles. The molecule has 1 N–H and O–H groups in total. The maximum absolute atomic E-state index is 4.63. The maximum atomic E-state index is 4.63. The largest absolute Gasteiger partial charge is 0.360 e. The van der Waals surface area contributed by atoms with Crippen molar-refractivity contribution in [3.05, 3.63) is 36.3 Å². The van der Waals surface area contributed by atoms with Crippen LogP contribution in [0.1, 0.15) is 12.7 Å². The van der Waals surface area contributed by atoms with Crippen molar-refractivity contribution in [1.82, 2.24) is 24.8 Å². The highest BCUT2D eigenvalue weighted by atomic mass is 32.1. The summed E-state index contributed by atoms with van der Waals surface area (Å²) in [6, 6.07) is 8.23. The van der Waals surface area contributed by atoms with Crippen LogP contribution < -0.4 is 0 Å². The summed E-state index contributed by atoms with van der Waals surface area (Å²) in [5.74, 6) is 0.900. The Morgan fingerprint density at radius 3 is 3.05 bits per heavy atom. The van der Waals surface area contributed by atoms with Crippen LogP contribution in [-0.4, -0.2) is 24.8 Å². The molecule has 0 amide bonds. The molecule has 0 atom stereocenters. The van der Waals surface area contributed by atoms with Crippen LogP contribution in [0.15, 0.2) is 30.5 Å². The normalized spacial score (nSPS) is 11.6. The predicted molar refractivity (Wildman–Crippen MR) is 75.3 cm³/mol. The van der Waals surface area contributed by atoms with Crippen molar-refractivity contribution >= 4 is 27.2 Å². The van der Waals surface area contributed by atoms with Crippen molar-refractivity contribution in [2.75, 3.05) is 0 Å². The van der Waals surface area contributed by atoms with Crippen molar-refractivity contribution in [3.8, 4) is 10.6 Å². The van der Waals surface area contributed by atoms with E-state index < -0.39 is 0 Å². The second-order valence-corrected chi connectivity index (χ2v) is 5.28. The number of H-pyrrole nitrogens is 1. The summed E-state index contributed by atoms with van der Waals surface area (Å²) < 4.78 is 1.84. The van der Waals surface area contributed by atoms with Crippen LogP contribution in [0.5, 0.6) is 0 Å². The number of hydrogen-bond donors (Lipinski definition) is 1. The quantitative estimate of drug-likeness (QED) is 0.608. The Labute approximate surface area is 112 Å². The van der Waals surface area contributed by atoms with Crippen LogP contribution in [0, 0.1) is 0 Å². The van der Waals surface area contributed by atoms with E-state index in [0.717, 1.165) is 33.3 Å².